The number of rotatable bonds is 5. The summed E-state index contributed by atoms with van der Waals surface area (Å²) >= 11 is 1.65. The van der Waals surface area contributed by atoms with Crippen LogP contribution in [0.5, 0.6) is 0 Å². The van der Waals surface area contributed by atoms with Crippen LogP contribution >= 0.6 is 11.3 Å². The fourth-order valence-corrected chi connectivity index (χ4v) is 2.66. The molecule has 3 rings (SSSR count). The lowest BCUT2D eigenvalue weighted by Crippen LogP contribution is -2.12. The zero-order valence-electron chi connectivity index (χ0n) is 11.3. The van der Waals surface area contributed by atoms with E-state index in [0.717, 1.165) is 17.8 Å². The van der Waals surface area contributed by atoms with Gasteiger partial charge in [-0.25, -0.2) is 9.67 Å². The molecule has 0 atom stereocenters. The SMILES string of the molecule is O=C(CCc1ccsc1)Nc1ccc(-n2cncn2)cc1. The molecular formula is C15H14N4OS. The van der Waals surface area contributed by atoms with Crippen LogP contribution < -0.4 is 5.32 Å². The summed E-state index contributed by atoms with van der Waals surface area (Å²) in [5, 5.41) is 11.0. The first-order chi connectivity index (χ1) is 10.3. The number of hydrogen-bond donors (Lipinski definition) is 1. The Labute approximate surface area is 126 Å². The summed E-state index contributed by atoms with van der Waals surface area (Å²) in [6.45, 7) is 0. The highest BCUT2D eigenvalue weighted by molar-refractivity contribution is 7.07. The van der Waals surface area contributed by atoms with Crippen LogP contribution in [0.25, 0.3) is 5.69 Å². The molecule has 0 spiro atoms. The first-order valence-electron chi connectivity index (χ1n) is 6.57. The van der Waals surface area contributed by atoms with Crippen molar-refractivity contribution in [3.05, 3.63) is 59.3 Å². The molecule has 1 aromatic carbocycles. The summed E-state index contributed by atoms with van der Waals surface area (Å²) in [4.78, 5) is 15.8. The fraction of sp³-hybridized carbons (Fsp3) is 0.133. The van der Waals surface area contributed by atoms with E-state index in [4.69, 9.17) is 0 Å². The minimum absolute atomic E-state index is 0.0229. The number of nitrogens with one attached hydrogen (secondary N) is 1. The summed E-state index contributed by atoms with van der Waals surface area (Å²) < 4.78 is 1.67. The number of nitrogens with zero attached hydrogens (tertiary/aromatic N) is 3. The maximum atomic E-state index is 11.9. The monoisotopic (exact) mass is 298 g/mol. The lowest BCUT2D eigenvalue weighted by atomic mass is 10.2. The second-order valence-electron chi connectivity index (χ2n) is 4.57. The average molecular weight is 298 g/mol. The number of thiophene rings is 1. The zero-order valence-corrected chi connectivity index (χ0v) is 12.1. The van der Waals surface area contributed by atoms with Gasteiger partial charge in [0.05, 0.1) is 5.69 Å². The number of anilines is 1. The van der Waals surface area contributed by atoms with Crippen LogP contribution in [0, 0.1) is 0 Å². The number of benzene rings is 1. The van der Waals surface area contributed by atoms with Gasteiger partial charge in [-0.1, -0.05) is 0 Å². The van der Waals surface area contributed by atoms with Crippen molar-refractivity contribution in [1.82, 2.24) is 14.8 Å². The Bertz CT molecular complexity index is 690. The highest BCUT2D eigenvalue weighted by Gasteiger charge is 2.04. The summed E-state index contributed by atoms with van der Waals surface area (Å²) in [5.74, 6) is 0.0229. The molecule has 3 aromatic rings. The molecule has 0 unspecified atom stereocenters. The largest absolute Gasteiger partial charge is 0.326 e. The Morgan fingerprint density at radius 2 is 2.10 bits per heavy atom. The molecule has 0 radical (unpaired) electrons. The van der Waals surface area contributed by atoms with Crippen molar-refractivity contribution in [1.29, 1.82) is 0 Å². The van der Waals surface area contributed by atoms with E-state index in [1.54, 1.807) is 22.3 Å². The van der Waals surface area contributed by atoms with Crippen LogP contribution in [-0.4, -0.2) is 20.7 Å². The number of carbonyl (C=O) groups is 1. The van der Waals surface area contributed by atoms with Gasteiger partial charge in [0.2, 0.25) is 5.91 Å². The highest BCUT2D eigenvalue weighted by atomic mass is 32.1. The van der Waals surface area contributed by atoms with Gasteiger partial charge in [0, 0.05) is 12.1 Å². The molecule has 0 aliphatic heterocycles. The molecule has 2 aromatic heterocycles. The maximum Gasteiger partial charge on any atom is 0.224 e. The minimum atomic E-state index is 0.0229. The van der Waals surface area contributed by atoms with Gasteiger partial charge in [0.1, 0.15) is 12.7 Å². The van der Waals surface area contributed by atoms with E-state index in [1.165, 1.54) is 11.9 Å². The third kappa shape index (κ3) is 3.55. The van der Waals surface area contributed by atoms with Gasteiger partial charge in [-0.05, 0) is 53.1 Å². The van der Waals surface area contributed by atoms with Crippen molar-refractivity contribution in [2.75, 3.05) is 5.32 Å². The Hall–Kier alpha value is -2.47. The molecular weight excluding hydrogens is 284 g/mol. The molecule has 21 heavy (non-hydrogen) atoms. The molecule has 106 valence electrons. The van der Waals surface area contributed by atoms with Gasteiger partial charge in [-0.2, -0.15) is 16.4 Å². The van der Waals surface area contributed by atoms with Crippen molar-refractivity contribution in [3.63, 3.8) is 0 Å². The summed E-state index contributed by atoms with van der Waals surface area (Å²) in [6.07, 6.45) is 4.38. The topological polar surface area (TPSA) is 59.8 Å². The molecule has 0 saturated carbocycles. The third-order valence-electron chi connectivity index (χ3n) is 3.06. The van der Waals surface area contributed by atoms with Gasteiger partial charge in [0.25, 0.3) is 0 Å². The van der Waals surface area contributed by atoms with Crippen LogP contribution in [0.2, 0.25) is 0 Å². The van der Waals surface area contributed by atoms with Crippen LogP contribution in [-0.2, 0) is 11.2 Å². The molecule has 6 heteroatoms. The number of aromatic nitrogens is 3. The average Bonchev–Trinajstić information content (AvgIpc) is 3.19. The maximum absolute atomic E-state index is 11.9. The molecule has 0 saturated heterocycles. The summed E-state index contributed by atoms with van der Waals surface area (Å²) in [7, 11) is 0. The second kappa shape index (κ2) is 6.32. The lowest BCUT2D eigenvalue weighted by Gasteiger charge is -2.06. The van der Waals surface area contributed by atoms with Crippen LogP contribution in [0.15, 0.2) is 53.7 Å². The van der Waals surface area contributed by atoms with E-state index < -0.39 is 0 Å². The van der Waals surface area contributed by atoms with E-state index in [9.17, 15) is 4.79 Å². The lowest BCUT2D eigenvalue weighted by molar-refractivity contribution is -0.116. The van der Waals surface area contributed by atoms with Crippen molar-refractivity contribution in [2.24, 2.45) is 0 Å². The number of aryl methyl sites for hydroxylation is 1. The van der Waals surface area contributed by atoms with Crippen molar-refractivity contribution < 1.29 is 4.79 Å². The van der Waals surface area contributed by atoms with Crippen LogP contribution in [0.4, 0.5) is 5.69 Å². The first kappa shape index (κ1) is 13.5. The van der Waals surface area contributed by atoms with E-state index >= 15 is 0 Å². The van der Waals surface area contributed by atoms with E-state index in [2.05, 4.69) is 20.8 Å². The first-order valence-corrected chi connectivity index (χ1v) is 7.51. The van der Waals surface area contributed by atoms with Gasteiger partial charge in [0.15, 0.2) is 0 Å². The quantitative estimate of drug-likeness (QED) is 0.788. The number of amides is 1. The Morgan fingerprint density at radius 1 is 1.24 bits per heavy atom. The molecule has 0 aliphatic rings. The summed E-state index contributed by atoms with van der Waals surface area (Å²) in [6, 6.07) is 9.55. The smallest absolute Gasteiger partial charge is 0.224 e. The Balaban J connectivity index is 1.56. The van der Waals surface area contributed by atoms with Crippen LogP contribution in [0.1, 0.15) is 12.0 Å². The minimum Gasteiger partial charge on any atom is -0.326 e. The normalized spacial score (nSPS) is 10.5. The molecule has 5 nitrogen and oxygen atoms in total. The Kier molecular flexibility index (Phi) is 4.07. The third-order valence-corrected chi connectivity index (χ3v) is 3.79. The standard InChI is InChI=1S/C15H14N4OS/c20-15(6-1-12-7-8-21-9-12)18-13-2-4-14(5-3-13)19-11-16-10-17-19/h2-5,7-11H,1,6H2,(H,18,20). The number of carbonyl (C=O) groups excluding carboxylic acids is 1. The summed E-state index contributed by atoms with van der Waals surface area (Å²) in [5.41, 5.74) is 2.90. The highest BCUT2D eigenvalue weighted by Crippen LogP contribution is 2.13. The van der Waals surface area contributed by atoms with Crippen molar-refractivity contribution in [2.45, 2.75) is 12.8 Å². The van der Waals surface area contributed by atoms with Gasteiger partial charge >= 0.3 is 0 Å². The van der Waals surface area contributed by atoms with E-state index in [1.807, 2.05) is 35.7 Å². The van der Waals surface area contributed by atoms with E-state index in [0.29, 0.717) is 6.42 Å². The predicted octanol–water partition coefficient (Wildman–Crippen LogP) is 2.90. The van der Waals surface area contributed by atoms with Crippen LogP contribution in [0.3, 0.4) is 0 Å². The second-order valence-corrected chi connectivity index (χ2v) is 5.35. The van der Waals surface area contributed by atoms with Crippen molar-refractivity contribution >= 4 is 22.9 Å². The molecule has 0 bridgehead atoms. The van der Waals surface area contributed by atoms with Gasteiger partial charge < -0.3 is 5.32 Å². The Morgan fingerprint density at radius 3 is 2.76 bits per heavy atom. The van der Waals surface area contributed by atoms with Gasteiger partial charge in [-0.3, -0.25) is 4.79 Å². The molecule has 0 aliphatic carbocycles. The molecule has 2 heterocycles. The molecule has 1 N–H and O–H groups in total. The zero-order chi connectivity index (χ0) is 14.5. The van der Waals surface area contributed by atoms with Crippen molar-refractivity contribution in [3.8, 4) is 5.69 Å². The molecule has 1 amide bonds. The fourth-order valence-electron chi connectivity index (χ4n) is 1.96. The molecule has 0 fully saturated rings. The van der Waals surface area contributed by atoms with E-state index in [-0.39, 0.29) is 5.91 Å². The number of hydrogen-bond acceptors (Lipinski definition) is 4. The predicted molar refractivity (Wildman–Crippen MR) is 82.6 cm³/mol. The van der Waals surface area contributed by atoms with Gasteiger partial charge in [-0.15, -0.1) is 0 Å².